The van der Waals surface area contributed by atoms with Crippen LogP contribution < -0.4 is 16.0 Å². The van der Waals surface area contributed by atoms with Crippen molar-refractivity contribution < 1.29 is 57.3 Å². The number of amides is 2. The van der Waals surface area contributed by atoms with E-state index in [0.29, 0.717) is 11.3 Å². The second-order valence-corrected chi connectivity index (χ2v) is 13.1. The van der Waals surface area contributed by atoms with Crippen LogP contribution in [0.5, 0.6) is 5.75 Å². The van der Waals surface area contributed by atoms with Crippen LogP contribution in [0.2, 0.25) is 0 Å². The molecule has 0 saturated carbocycles. The number of carbonyl (C=O) groups excluding carboxylic acids is 4. The first-order chi connectivity index (χ1) is 24.2. The number of halogens is 3. The summed E-state index contributed by atoms with van der Waals surface area (Å²) in [5.41, 5.74) is 2.75. The fraction of sp³-hybridized carbons (Fsp3) is 0.343. The lowest BCUT2D eigenvalue weighted by Crippen LogP contribution is -2.63. The van der Waals surface area contributed by atoms with E-state index in [0.717, 1.165) is 17.8 Å². The van der Waals surface area contributed by atoms with Gasteiger partial charge in [0.1, 0.15) is 34.2 Å². The number of aromatic nitrogens is 1. The number of rotatable bonds is 5. The number of hydrogen-bond acceptors (Lipinski definition) is 12. The van der Waals surface area contributed by atoms with Crippen LogP contribution in [-0.4, -0.2) is 93.7 Å². The molecule has 0 unspecified atom stereocenters. The Morgan fingerprint density at radius 2 is 1.67 bits per heavy atom. The molecule has 1 heterocycles. The number of aliphatic hydroxyl groups is 3. The van der Waals surface area contributed by atoms with E-state index >= 15 is 0 Å². The van der Waals surface area contributed by atoms with E-state index in [1.54, 1.807) is 46.1 Å². The lowest BCUT2D eigenvalue weighted by Gasteiger charge is -2.50. The highest BCUT2D eigenvalue weighted by Gasteiger charge is 2.63. The molecule has 0 bridgehead atoms. The molecule has 3 aliphatic rings. The summed E-state index contributed by atoms with van der Waals surface area (Å²) in [5, 5.41) is 49.8. The number of carbonyl (C=O) groups is 4. The van der Waals surface area contributed by atoms with Crippen LogP contribution in [-0.2, 0) is 22.2 Å². The van der Waals surface area contributed by atoms with Crippen molar-refractivity contribution in [1.82, 2.24) is 10.1 Å². The lowest BCUT2D eigenvalue weighted by atomic mass is 9.58. The quantitative estimate of drug-likeness (QED) is 0.208. The van der Waals surface area contributed by atoms with Gasteiger partial charge >= 0.3 is 6.18 Å². The molecule has 3 aliphatic carbocycles. The second-order valence-electron chi connectivity index (χ2n) is 13.1. The van der Waals surface area contributed by atoms with Gasteiger partial charge in [0, 0.05) is 37.0 Å². The summed E-state index contributed by atoms with van der Waals surface area (Å²) in [5.74, 6) is -6.68. The minimum atomic E-state index is -4.40. The van der Waals surface area contributed by atoms with Crippen molar-refractivity contribution in [2.75, 3.05) is 38.4 Å². The SMILES string of the molecule is CN(C)c1ccc(O)c2c1C[C@H]1C[C@H]3[C@H](N(C)C)C(O)=C(C(N)=O)C(=O)[C@@]3(O)C(O)=C1C2=O.Cc1oncc1C(=O)Nc1ccc(C(F)(F)F)cc1. The second kappa shape index (κ2) is 13.5. The van der Waals surface area contributed by atoms with Gasteiger partial charge in [-0.05, 0) is 81.7 Å². The van der Waals surface area contributed by atoms with E-state index in [1.165, 1.54) is 29.3 Å². The van der Waals surface area contributed by atoms with Crippen LogP contribution in [0.1, 0.15) is 44.0 Å². The molecule has 3 aromatic rings. The molecule has 1 aromatic heterocycles. The maximum absolute atomic E-state index is 13.5. The largest absolute Gasteiger partial charge is 0.510 e. The van der Waals surface area contributed by atoms with Crippen LogP contribution >= 0.6 is 0 Å². The minimum Gasteiger partial charge on any atom is -0.510 e. The first kappa shape index (κ1) is 37.6. The number of ketones is 2. The topological polar surface area (TPSA) is 220 Å². The Morgan fingerprint density at radius 3 is 2.19 bits per heavy atom. The minimum absolute atomic E-state index is 0.00184. The van der Waals surface area contributed by atoms with E-state index in [4.69, 9.17) is 10.3 Å². The number of nitrogens with one attached hydrogen (secondary N) is 1. The number of phenols is 1. The number of aromatic hydroxyl groups is 1. The molecule has 0 saturated heterocycles. The molecule has 2 amide bonds. The van der Waals surface area contributed by atoms with Crippen LogP contribution in [0.4, 0.5) is 24.5 Å². The van der Waals surface area contributed by atoms with Gasteiger partial charge in [-0.15, -0.1) is 0 Å². The molecular weight excluding hydrogens is 691 g/mol. The van der Waals surface area contributed by atoms with Crippen molar-refractivity contribution >= 4 is 34.8 Å². The molecule has 2 aromatic carbocycles. The van der Waals surface area contributed by atoms with Crippen molar-refractivity contribution in [3.63, 3.8) is 0 Å². The summed E-state index contributed by atoms with van der Waals surface area (Å²) in [6.07, 6.45) is -2.83. The van der Waals surface area contributed by atoms with Gasteiger partial charge in [-0.3, -0.25) is 24.1 Å². The number of aryl methyl sites for hydroxylation is 1. The third-order valence-electron chi connectivity index (χ3n) is 9.53. The number of nitrogens with two attached hydrogens (primary N) is 1. The van der Waals surface area contributed by atoms with Crippen molar-refractivity contribution in [3.05, 3.63) is 93.3 Å². The van der Waals surface area contributed by atoms with E-state index in [1.807, 2.05) is 0 Å². The highest BCUT2D eigenvalue weighted by Crippen LogP contribution is 2.53. The first-order valence-electron chi connectivity index (χ1n) is 15.8. The zero-order valence-corrected chi connectivity index (χ0v) is 28.6. The Labute approximate surface area is 294 Å². The number of aliphatic hydroxyl groups excluding tert-OH is 2. The molecule has 4 atom stereocenters. The van der Waals surface area contributed by atoms with Gasteiger partial charge in [0.15, 0.2) is 11.4 Å². The molecule has 0 fully saturated rings. The maximum Gasteiger partial charge on any atom is 0.416 e. The fourth-order valence-electron chi connectivity index (χ4n) is 7.11. The molecule has 14 nitrogen and oxygen atoms in total. The summed E-state index contributed by atoms with van der Waals surface area (Å²) < 4.78 is 41.8. The highest BCUT2D eigenvalue weighted by molar-refractivity contribution is 6.25. The Bertz CT molecular complexity index is 2040. The molecule has 0 aliphatic heterocycles. The number of Topliss-reactive ketones (excluding diaryl/α,β-unsaturated/α-hetero) is 2. The maximum atomic E-state index is 13.5. The Balaban J connectivity index is 0.000000233. The number of hydrogen-bond donors (Lipinski definition) is 6. The highest BCUT2D eigenvalue weighted by atomic mass is 19.4. The van der Waals surface area contributed by atoms with Gasteiger partial charge in [-0.1, -0.05) is 5.16 Å². The lowest BCUT2D eigenvalue weighted by molar-refractivity contribution is -0.148. The monoisotopic (exact) mass is 727 g/mol. The van der Waals surface area contributed by atoms with Crippen LogP contribution in [0.3, 0.4) is 0 Å². The van der Waals surface area contributed by atoms with E-state index in [-0.39, 0.29) is 41.0 Å². The Hall–Kier alpha value is -5.68. The predicted molar refractivity (Wildman–Crippen MR) is 179 cm³/mol. The van der Waals surface area contributed by atoms with Crippen molar-refractivity contribution in [3.8, 4) is 5.75 Å². The number of anilines is 2. The molecule has 0 spiro atoms. The fourth-order valence-corrected chi connectivity index (χ4v) is 7.11. The van der Waals surface area contributed by atoms with E-state index in [9.17, 15) is 52.8 Å². The normalized spacial score (nSPS) is 22.6. The molecule has 276 valence electrons. The van der Waals surface area contributed by atoms with Gasteiger partial charge in [-0.25, -0.2) is 0 Å². The average molecular weight is 728 g/mol. The number of primary amides is 1. The van der Waals surface area contributed by atoms with Crippen LogP contribution in [0, 0.1) is 18.8 Å². The van der Waals surface area contributed by atoms with Gasteiger partial charge in [-0.2, -0.15) is 13.2 Å². The average Bonchev–Trinajstić information content (AvgIpc) is 3.48. The molecule has 0 radical (unpaired) electrons. The molecular formula is C35H36F3N5O9. The predicted octanol–water partition coefficient (Wildman–Crippen LogP) is 3.44. The van der Waals surface area contributed by atoms with Crippen LogP contribution in [0.15, 0.2) is 69.8 Å². The van der Waals surface area contributed by atoms with Crippen molar-refractivity contribution in [2.45, 2.75) is 37.6 Å². The van der Waals surface area contributed by atoms with Crippen LogP contribution in [0.25, 0.3) is 0 Å². The molecule has 6 rings (SSSR count). The number of alkyl halides is 3. The third-order valence-corrected chi connectivity index (χ3v) is 9.53. The molecule has 7 N–H and O–H groups in total. The van der Waals surface area contributed by atoms with Gasteiger partial charge in [0.25, 0.3) is 11.8 Å². The zero-order chi connectivity index (χ0) is 38.6. The first-order valence-corrected chi connectivity index (χ1v) is 15.8. The van der Waals surface area contributed by atoms with Crippen molar-refractivity contribution in [2.24, 2.45) is 17.6 Å². The standard InChI is InChI=1S/C23H27N3O7.C12H9F3N2O2/c1-25(2)12-5-6-13(27)15-10(12)7-9-8-11-17(26(3)4)19(29)16(22(24)32)21(31)23(11,33)20(30)14(9)18(15)28;1-7-10(6-16-19-7)11(18)17-9-4-2-8(3-5-9)12(13,14)15/h5-6,9,11,17,27,29-30,33H,7-8H2,1-4H3,(H2,24,32);2-6H,1H3,(H,17,18)/t9-,11-,17-,23-;/m0./s1. The smallest absolute Gasteiger partial charge is 0.416 e. The number of fused-ring (bicyclic) bond motifs is 3. The summed E-state index contributed by atoms with van der Waals surface area (Å²) in [6.45, 7) is 1.56. The summed E-state index contributed by atoms with van der Waals surface area (Å²) in [7, 11) is 6.79. The number of likely N-dealkylation sites (N-methyl/N-ethyl adjacent to an activating group) is 1. The van der Waals surface area contributed by atoms with E-state index < -0.39 is 75.7 Å². The Morgan fingerprint density at radius 1 is 1.04 bits per heavy atom. The van der Waals surface area contributed by atoms with Gasteiger partial charge in [0.05, 0.1) is 23.4 Å². The number of allylic oxidation sites excluding steroid dienone is 1. The summed E-state index contributed by atoms with van der Waals surface area (Å²) >= 11 is 0. The summed E-state index contributed by atoms with van der Waals surface area (Å²) in [6, 6.07) is 6.23. The van der Waals surface area contributed by atoms with Gasteiger partial charge in [0.2, 0.25) is 5.78 Å². The molecule has 17 heteroatoms. The molecule has 52 heavy (non-hydrogen) atoms. The number of phenolic OH excluding ortho intramolecular Hbond substituents is 1. The zero-order valence-electron chi connectivity index (χ0n) is 28.6. The van der Waals surface area contributed by atoms with E-state index in [2.05, 4.69) is 10.5 Å². The number of nitrogens with zero attached hydrogens (tertiary/aromatic N) is 3. The number of benzene rings is 2. The van der Waals surface area contributed by atoms with Gasteiger partial charge < -0.3 is 40.9 Å². The summed E-state index contributed by atoms with van der Waals surface area (Å²) in [4.78, 5) is 53.7. The van der Waals surface area contributed by atoms with Crippen molar-refractivity contribution in [1.29, 1.82) is 0 Å². The third kappa shape index (κ3) is 6.25. The Kier molecular flexibility index (Phi) is 9.73.